The maximum absolute atomic E-state index is 14.1. The van der Waals surface area contributed by atoms with E-state index in [1.807, 2.05) is 38.1 Å². The summed E-state index contributed by atoms with van der Waals surface area (Å²) in [6.07, 6.45) is 0.582. The molecule has 0 heterocycles. The largest absolute Gasteiger partial charge is 0.394 e. The summed E-state index contributed by atoms with van der Waals surface area (Å²) in [5.74, 6) is -0.301. The number of rotatable bonds is 5. The van der Waals surface area contributed by atoms with Crippen molar-refractivity contribution in [2.75, 3.05) is 11.9 Å². The number of benzene rings is 2. The van der Waals surface area contributed by atoms with Crippen LogP contribution in [0.1, 0.15) is 24.5 Å². The van der Waals surface area contributed by atoms with Crippen molar-refractivity contribution >= 4 is 5.69 Å². The van der Waals surface area contributed by atoms with Gasteiger partial charge in [-0.15, -0.1) is 0 Å². The van der Waals surface area contributed by atoms with E-state index in [1.165, 1.54) is 6.07 Å². The Labute approximate surface area is 119 Å². The van der Waals surface area contributed by atoms with Gasteiger partial charge in [-0.3, -0.25) is 0 Å². The first-order chi connectivity index (χ1) is 9.63. The molecule has 1 unspecified atom stereocenters. The molecule has 3 heteroatoms. The zero-order valence-corrected chi connectivity index (χ0v) is 11.9. The van der Waals surface area contributed by atoms with Crippen molar-refractivity contribution in [2.45, 2.75) is 25.8 Å². The zero-order valence-electron chi connectivity index (χ0n) is 11.9. The number of aryl methyl sites for hydroxylation is 1. The lowest BCUT2D eigenvalue weighted by molar-refractivity contribution is 0.204. The van der Waals surface area contributed by atoms with Crippen LogP contribution in [0.15, 0.2) is 48.5 Å². The number of aliphatic hydroxyl groups is 1. The predicted octanol–water partition coefficient (Wildman–Crippen LogP) is 3.84. The second kappa shape index (κ2) is 6.06. The van der Waals surface area contributed by atoms with Crippen LogP contribution in [-0.2, 0) is 5.54 Å². The molecule has 1 atom stereocenters. The molecular weight excluding hydrogens is 253 g/mol. The van der Waals surface area contributed by atoms with Crippen molar-refractivity contribution < 1.29 is 9.50 Å². The van der Waals surface area contributed by atoms with E-state index in [9.17, 15) is 9.50 Å². The maximum Gasteiger partial charge on any atom is 0.128 e. The fraction of sp³-hybridized carbons (Fsp3) is 0.294. The molecule has 2 N–H and O–H groups in total. The Hall–Kier alpha value is -1.87. The molecule has 0 fully saturated rings. The van der Waals surface area contributed by atoms with Crippen molar-refractivity contribution in [3.8, 4) is 0 Å². The zero-order chi connectivity index (χ0) is 14.6. The van der Waals surface area contributed by atoms with Gasteiger partial charge in [0.1, 0.15) is 5.82 Å². The SMILES string of the molecule is CCC(CO)(Nc1ccccc1C)c1ccccc1F. The summed E-state index contributed by atoms with van der Waals surface area (Å²) >= 11 is 0. The van der Waals surface area contributed by atoms with E-state index in [4.69, 9.17) is 0 Å². The number of nitrogens with one attached hydrogen (secondary N) is 1. The standard InChI is InChI=1S/C17H20FNO/c1-3-17(12-20,14-9-5-6-10-15(14)18)19-16-11-7-4-8-13(16)2/h4-11,19-20H,3,12H2,1-2H3. The highest BCUT2D eigenvalue weighted by atomic mass is 19.1. The summed E-state index contributed by atoms with van der Waals surface area (Å²) in [6, 6.07) is 14.4. The third kappa shape index (κ3) is 2.68. The summed E-state index contributed by atoms with van der Waals surface area (Å²) in [7, 11) is 0. The third-order valence-electron chi connectivity index (χ3n) is 3.78. The molecule has 20 heavy (non-hydrogen) atoms. The van der Waals surface area contributed by atoms with Crippen molar-refractivity contribution in [3.63, 3.8) is 0 Å². The van der Waals surface area contributed by atoms with E-state index in [0.29, 0.717) is 12.0 Å². The van der Waals surface area contributed by atoms with Gasteiger partial charge < -0.3 is 10.4 Å². The van der Waals surface area contributed by atoms with Crippen molar-refractivity contribution in [2.24, 2.45) is 0 Å². The summed E-state index contributed by atoms with van der Waals surface area (Å²) in [5, 5.41) is 13.2. The molecule has 2 aromatic rings. The summed E-state index contributed by atoms with van der Waals surface area (Å²) < 4.78 is 14.1. The molecule has 2 aromatic carbocycles. The van der Waals surface area contributed by atoms with Crippen LogP contribution < -0.4 is 5.32 Å². The third-order valence-corrected chi connectivity index (χ3v) is 3.78. The van der Waals surface area contributed by atoms with E-state index >= 15 is 0 Å². The van der Waals surface area contributed by atoms with Crippen molar-refractivity contribution in [1.82, 2.24) is 0 Å². The van der Waals surface area contributed by atoms with Gasteiger partial charge in [0, 0.05) is 11.3 Å². The van der Waals surface area contributed by atoms with Gasteiger partial charge in [-0.2, -0.15) is 0 Å². The molecule has 0 amide bonds. The molecule has 0 saturated carbocycles. The van der Waals surface area contributed by atoms with Crippen LogP contribution in [0.4, 0.5) is 10.1 Å². The van der Waals surface area contributed by atoms with E-state index in [1.54, 1.807) is 18.2 Å². The molecule has 2 rings (SSSR count). The number of hydrogen-bond acceptors (Lipinski definition) is 2. The van der Waals surface area contributed by atoms with Gasteiger partial charge >= 0.3 is 0 Å². The first-order valence-corrected chi connectivity index (χ1v) is 6.82. The van der Waals surface area contributed by atoms with E-state index in [-0.39, 0.29) is 12.4 Å². The summed E-state index contributed by atoms with van der Waals surface area (Å²) in [6.45, 7) is 3.76. The normalized spacial score (nSPS) is 13.8. The number of halogens is 1. The minimum absolute atomic E-state index is 0.168. The Bertz CT molecular complexity index is 579. The Morgan fingerprint density at radius 1 is 1.10 bits per heavy atom. The van der Waals surface area contributed by atoms with Gasteiger partial charge in [0.2, 0.25) is 0 Å². The Kier molecular flexibility index (Phi) is 4.40. The summed E-state index contributed by atoms with van der Waals surface area (Å²) in [5.41, 5.74) is 1.66. The minimum atomic E-state index is -0.808. The molecule has 0 aliphatic carbocycles. The lowest BCUT2D eigenvalue weighted by Crippen LogP contribution is -2.39. The molecule has 0 aromatic heterocycles. The smallest absolute Gasteiger partial charge is 0.128 e. The minimum Gasteiger partial charge on any atom is -0.394 e. The van der Waals surface area contributed by atoms with Crippen LogP contribution in [0.25, 0.3) is 0 Å². The molecule has 0 spiro atoms. The van der Waals surface area contributed by atoms with Crippen LogP contribution in [0, 0.1) is 12.7 Å². The monoisotopic (exact) mass is 273 g/mol. The molecule has 106 valence electrons. The fourth-order valence-electron chi connectivity index (χ4n) is 2.40. The highest BCUT2D eigenvalue weighted by molar-refractivity contribution is 5.54. The quantitative estimate of drug-likeness (QED) is 0.867. The Morgan fingerprint density at radius 2 is 1.75 bits per heavy atom. The molecule has 0 bridgehead atoms. The average molecular weight is 273 g/mol. The van der Waals surface area contributed by atoms with Gasteiger partial charge in [-0.05, 0) is 31.0 Å². The van der Waals surface area contributed by atoms with E-state index in [0.717, 1.165) is 11.3 Å². The topological polar surface area (TPSA) is 32.3 Å². The highest BCUT2D eigenvalue weighted by Gasteiger charge is 2.32. The number of hydrogen-bond donors (Lipinski definition) is 2. The maximum atomic E-state index is 14.1. The van der Waals surface area contributed by atoms with Crippen LogP contribution in [0.2, 0.25) is 0 Å². The van der Waals surface area contributed by atoms with Crippen LogP contribution in [-0.4, -0.2) is 11.7 Å². The number of para-hydroxylation sites is 1. The molecule has 0 saturated heterocycles. The fourth-order valence-corrected chi connectivity index (χ4v) is 2.40. The van der Waals surface area contributed by atoms with E-state index in [2.05, 4.69) is 5.32 Å². The van der Waals surface area contributed by atoms with Crippen LogP contribution in [0.3, 0.4) is 0 Å². The Balaban J connectivity index is 2.46. The van der Waals surface area contributed by atoms with Crippen molar-refractivity contribution in [3.05, 3.63) is 65.5 Å². The Morgan fingerprint density at radius 3 is 2.35 bits per heavy atom. The predicted molar refractivity (Wildman–Crippen MR) is 80.3 cm³/mol. The van der Waals surface area contributed by atoms with Gasteiger partial charge in [0.25, 0.3) is 0 Å². The number of aliphatic hydroxyl groups excluding tert-OH is 1. The first-order valence-electron chi connectivity index (χ1n) is 6.82. The first kappa shape index (κ1) is 14.5. The van der Waals surface area contributed by atoms with Gasteiger partial charge in [-0.25, -0.2) is 4.39 Å². The number of anilines is 1. The lowest BCUT2D eigenvalue weighted by atomic mass is 9.87. The molecule has 2 nitrogen and oxygen atoms in total. The molecule has 0 radical (unpaired) electrons. The lowest BCUT2D eigenvalue weighted by Gasteiger charge is -2.34. The van der Waals surface area contributed by atoms with Crippen LogP contribution in [0.5, 0.6) is 0 Å². The molecule has 0 aliphatic rings. The average Bonchev–Trinajstić information content (AvgIpc) is 2.48. The van der Waals surface area contributed by atoms with Crippen molar-refractivity contribution in [1.29, 1.82) is 0 Å². The summed E-state index contributed by atoms with van der Waals surface area (Å²) in [4.78, 5) is 0. The second-order valence-corrected chi connectivity index (χ2v) is 5.01. The van der Waals surface area contributed by atoms with Gasteiger partial charge in [0.05, 0.1) is 12.1 Å². The van der Waals surface area contributed by atoms with E-state index < -0.39 is 5.54 Å². The van der Waals surface area contributed by atoms with Gasteiger partial charge in [-0.1, -0.05) is 43.3 Å². The highest BCUT2D eigenvalue weighted by Crippen LogP contribution is 2.32. The molecule has 0 aliphatic heterocycles. The van der Waals surface area contributed by atoms with Gasteiger partial charge in [0.15, 0.2) is 0 Å². The van der Waals surface area contributed by atoms with Crippen LogP contribution >= 0.6 is 0 Å². The second-order valence-electron chi connectivity index (χ2n) is 5.01. The molecular formula is C17H20FNO.